The van der Waals surface area contributed by atoms with Gasteiger partial charge in [-0.2, -0.15) is 5.10 Å². The van der Waals surface area contributed by atoms with Crippen molar-refractivity contribution in [2.24, 2.45) is 5.92 Å². The number of piperidine rings is 1. The molecule has 1 saturated heterocycles. The van der Waals surface area contributed by atoms with Crippen LogP contribution < -0.4 is 0 Å². The van der Waals surface area contributed by atoms with Crippen LogP contribution in [0.3, 0.4) is 0 Å². The number of nitrogens with zero attached hydrogens (tertiary/aromatic N) is 4. The SMILES string of the molecule is O=C(Cn1cncn1)N1CCCC(CCc2ccc(F)c(F)c2)C1. The van der Waals surface area contributed by atoms with E-state index in [2.05, 4.69) is 10.1 Å². The summed E-state index contributed by atoms with van der Waals surface area (Å²) in [6.07, 6.45) is 6.50. The van der Waals surface area contributed by atoms with Crippen LogP contribution in [0.2, 0.25) is 0 Å². The average Bonchev–Trinajstić information content (AvgIpc) is 3.09. The van der Waals surface area contributed by atoms with E-state index < -0.39 is 11.6 Å². The predicted molar refractivity (Wildman–Crippen MR) is 84.0 cm³/mol. The summed E-state index contributed by atoms with van der Waals surface area (Å²) in [5.41, 5.74) is 0.792. The van der Waals surface area contributed by atoms with Crippen LogP contribution >= 0.6 is 0 Å². The maximum Gasteiger partial charge on any atom is 0.244 e. The number of likely N-dealkylation sites (tertiary alicyclic amines) is 1. The van der Waals surface area contributed by atoms with E-state index in [9.17, 15) is 13.6 Å². The molecule has 1 aliphatic heterocycles. The Kier molecular flexibility index (Phi) is 5.17. The monoisotopic (exact) mass is 334 g/mol. The molecular formula is C17H20F2N4O. The minimum absolute atomic E-state index is 0.0398. The summed E-state index contributed by atoms with van der Waals surface area (Å²) in [6.45, 7) is 1.67. The molecule has 0 N–H and O–H groups in total. The van der Waals surface area contributed by atoms with Crippen LogP contribution in [0, 0.1) is 17.6 Å². The highest BCUT2D eigenvalue weighted by molar-refractivity contribution is 5.75. The van der Waals surface area contributed by atoms with Gasteiger partial charge < -0.3 is 4.90 Å². The first kappa shape index (κ1) is 16.5. The lowest BCUT2D eigenvalue weighted by Gasteiger charge is -2.33. The lowest BCUT2D eigenvalue weighted by molar-refractivity contribution is -0.133. The fraction of sp³-hybridized carbons (Fsp3) is 0.471. The van der Waals surface area contributed by atoms with E-state index in [1.165, 1.54) is 29.5 Å². The third kappa shape index (κ3) is 4.15. The molecule has 5 nitrogen and oxygen atoms in total. The first-order chi connectivity index (χ1) is 11.6. The van der Waals surface area contributed by atoms with Gasteiger partial charge >= 0.3 is 0 Å². The smallest absolute Gasteiger partial charge is 0.244 e. The van der Waals surface area contributed by atoms with Crippen LogP contribution in [0.25, 0.3) is 0 Å². The third-order valence-electron chi connectivity index (χ3n) is 4.46. The van der Waals surface area contributed by atoms with E-state index in [1.54, 1.807) is 6.07 Å². The van der Waals surface area contributed by atoms with Crippen molar-refractivity contribution < 1.29 is 13.6 Å². The van der Waals surface area contributed by atoms with E-state index >= 15 is 0 Å². The van der Waals surface area contributed by atoms with Crippen LogP contribution in [-0.4, -0.2) is 38.7 Å². The molecule has 2 heterocycles. The zero-order valence-electron chi connectivity index (χ0n) is 13.4. The summed E-state index contributed by atoms with van der Waals surface area (Å²) >= 11 is 0. The molecule has 1 atom stereocenters. The van der Waals surface area contributed by atoms with Crippen molar-refractivity contribution >= 4 is 5.91 Å². The summed E-state index contributed by atoms with van der Waals surface area (Å²) in [4.78, 5) is 18.0. The largest absolute Gasteiger partial charge is 0.341 e. The molecule has 1 aliphatic rings. The zero-order valence-corrected chi connectivity index (χ0v) is 13.4. The summed E-state index contributed by atoms with van der Waals surface area (Å²) in [7, 11) is 0. The number of halogens is 2. The third-order valence-corrected chi connectivity index (χ3v) is 4.46. The van der Waals surface area contributed by atoms with Crippen LogP contribution in [-0.2, 0) is 17.8 Å². The second-order valence-corrected chi connectivity index (χ2v) is 6.23. The van der Waals surface area contributed by atoms with Crippen molar-refractivity contribution in [2.75, 3.05) is 13.1 Å². The Morgan fingerprint density at radius 1 is 1.29 bits per heavy atom. The van der Waals surface area contributed by atoms with Crippen LogP contribution in [0.4, 0.5) is 8.78 Å². The van der Waals surface area contributed by atoms with E-state index in [-0.39, 0.29) is 12.5 Å². The van der Waals surface area contributed by atoms with Gasteiger partial charge in [0, 0.05) is 13.1 Å². The lowest BCUT2D eigenvalue weighted by Crippen LogP contribution is -2.41. The summed E-state index contributed by atoms with van der Waals surface area (Å²) in [5.74, 6) is -1.20. The van der Waals surface area contributed by atoms with Gasteiger partial charge in [-0.1, -0.05) is 6.07 Å². The van der Waals surface area contributed by atoms with Gasteiger partial charge in [-0.05, 0) is 49.3 Å². The molecule has 0 aliphatic carbocycles. The maximum absolute atomic E-state index is 13.3. The normalized spacial score (nSPS) is 17.9. The number of carbonyl (C=O) groups excluding carboxylic acids is 1. The van der Waals surface area contributed by atoms with Gasteiger partial charge in [-0.25, -0.2) is 18.4 Å². The Bertz CT molecular complexity index is 690. The van der Waals surface area contributed by atoms with Gasteiger partial charge in [0.05, 0.1) is 0 Å². The number of hydrogen-bond donors (Lipinski definition) is 0. The molecule has 1 unspecified atom stereocenters. The number of carbonyl (C=O) groups is 1. The molecule has 1 aromatic heterocycles. The summed E-state index contributed by atoms with van der Waals surface area (Å²) < 4.78 is 27.7. The van der Waals surface area contributed by atoms with Crippen molar-refractivity contribution in [3.05, 3.63) is 48.1 Å². The van der Waals surface area contributed by atoms with E-state index in [4.69, 9.17) is 0 Å². The Morgan fingerprint density at radius 2 is 2.17 bits per heavy atom. The molecule has 0 radical (unpaired) electrons. The predicted octanol–water partition coefficient (Wildman–Crippen LogP) is 2.43. The molecule has 0 saturated carbocycles. The van der Waals surface area contributed by atoms with Crippen molar-refractivity contribution in [1.29, 1.82) is 0 Å². The highest BCUT2D eigenvalue weighted by Crippen LogP contribution is 2.22. The van der Waals surface area contributed by atoms with Gasteiger partial charge in [0.15, 0.2) is 11.6 Å². The minimum atomic E-state index is -0.818. The van der Waals surface area contributed by atoms with Gasteiger partial charge in [-0.15, -0.1) is 0 Å². The first-order valence-electron chi connectivity index (χ1n) is 8.16. The molecule has 1 amide bonds. The fourth-order valence-electron chi connectivity index (χ4n) is 3.15. The number of hydrogen-bond acceptors (Lipinski definition) is 3. The number of amides is 1. The zero-order chi connectivity index (χ0) is 16.9. The maximum atomic E-state index is 13.3. The fourth-order valence-corrected chi connectivity index (χ4v) is 3.15. The molecule has 128 valence electrons. The Hall–Kier alpha value is -2.31. The molecule has 1 aromatic carbocycles. The number of aromatic nitrogens is 3. The number of aryl methyl sites for hydroxylation is 1. The second kappa shape index (κ2) is 7.51. The van der Waals surface area contributed by atoms with E-state index in [0.29, 0.717) is 18.9 Å². The Morgan fingerprint density at radius 3 is 2.92 bits per heavy atom. The molecule has 2 aromatic rings. The van der Waals surface area contributed by atoms with E-state index in [0.717, 1.165) is 31.4 Å². The average molecular weight is 334 g/mol. The van der Waals surface area contributed by atoms with Crippen LogP contribution in [0.1, 0.15) is 24.8 Å². The molecule has 0 bridgehead atoms. The number of benzene rings is 1. The molecular weight excluding hydrogens is 314 g/mol. The topological polar surface area (TPSA) is 51.0 Å². The number of rotatable bonds is 5. The molecule has 0 spiro atoms. The highest BCUT2D eigenvalue weighted by Gasteiger charge is 2.23. The van der Waals surface area contributed by atoms with Crippen molar-refractivity contribution in [3.8, 4) is 0 Å². The second-order valence-electron chi connectivity index (χ2n) is 6.23. The van der Waals surface area contributed by atoms with Gasteiger partial charge in [-0.3, -0.25) is 4.79 Å². The first-order valence-corrected chi connectivity index (χ1v) is 8.16. The van der Waals surface area contributed by atoms with Crippen molar-refractivity contribution in [3.63, 3.8) is 0 Å². The van der Waals surface area contributed by atoms with Crippen LogP contribution in [0.15, 0.2) is 30.9 Å². The van der Waals surface area contributed by atoms with Crippen LogP contribution in [0.5, 0.6) is 0 Å². The Balaban J connectivity index is 1.51. The van der Waals surface area contributed by atoms with Crippen molar-refractivity contribution in [2.45, 2.75) is 32.2 Å². The van der Waals surface area contributed by atoms with Crippen molar-refractivity contribution in [1.82, 2.24) is 19.7 Å². The lowest BCUT2D eigenvalue weighted by atomic mass is 9.91. The highest BCUT2D eigenvalue weighted by atomic mass is 19.2. The van der Waals surface area contributed by atoms with Gasteiger partial charge in [0.25, 0.3) is 0 Å². The molecule has 1 fully saturated rings. The molecule has 3 rings (SSSR count). The Labute approximate surface area is 139 Å². The van der Waals surface area contributed by atoms with Gasteiger partial charge in [0.1, 0.15) is 19.2 Å². The quantitative estimate of drug-likeness (QED) is 0.844. The van der Waals surface area contributed by atoms with E-state index in [1.807, 2.05) is 4.90 Å². The minimum Gasteiger partial charge on any atom is -0.341 e. The molecule has 24 heavy (non-hydrogen) atoms. The summed E-state index contributed by atoms with van der Waals surface area (Å²) in [5, 5.41) is 3.95. The molecule has 7 heteroatoms. The van der Waals surface area contributed by atoms with Gasteiger partial charge in [0.2, 0.25) is 5.91 Å². The summed E-state index contributed by atoms with van der Waals surface area (Å²) in [6, 6.07) is 4.04. The standard InChI is InChI=1S/C17H20F2N4O/c18-15-6-5-13(8-16(15)19)3-4-14-2-1-7-22(9-14)17(24)10-23-12-20-11-21-23/h5-6,8,11-12,14H,1-4,7,9-10H2.